The lowest BCUT2D eigenvalue weighted by Crippen LogP contribution is -2.54. The van der Waals surface area contributed by atoms with Crippen LogP contribution >= 0.6 is 0 Å². The molecule has 4 aromatic rings. The monoisotopic (exact) mass is 1220 g/mol. The highest BCUT2D eigenvalue weighted by atomic mass is 16.6. The van der Waals surface area contributed by atoms with Gasteiger partial charge in [0.25, 0.3) is 23.3 Å². The SMILES string of the molecule is Cc1cc(C)c(CNC(=O)c2cc(-c3ccc(N4CCN(CCNC(=O)CCOCCOCCOCCOCCOCCOCCOCCOCCNc5cccc6c5C(=O)N(C5CCC(=O)NC5=O)C6=O)CC4)nc3)cc(NC(C)C)c2C=N)c(=O)[nH]1. The number of aromatic nitrogens is 2. The summed E-state index contributed by atoms with van der Waals surface area (Å²) in [5.41, 5.74) is 5.65. The second-order valence-electron chi connectivity index (χ2n) is 21.4. The molecule has 2 aromatic heterocycles. The number of ether oxygens (including phenoxy) is 8. The normalized spacial score (nSPS) is 15.2. The molecule has 0 aliphatic carbocycles. The van der Waals surface area contributed by atoms with Gasteiger partial charge in [0.1, 0.15) is 11.9 Å². The maximum atomic E-state index is 13.7. The van der Waals surface area contributed by atoms with E-state index < -0.39 is 35.6 Å². The number of H-pyrrole nitrogens is 1. The number of aromatic amines is 1. The van der Waals surface area contributed by atoms with Gasteiger partial charge in [0, 0.05) is 117 Å². The van der Waals surface area contributed by atoms with E-state index in [1.807, 2.05) is 52.0 Å². The molecule has 7 N–H and O–H groups in total. The highest BCUT2D eigenvalue weighted by molar-refractivity contribution is 6.25. The number of imide groups is 2. The Morgan fingerprint density at radius 2 is 1.32 bits per heavy atom. The van der Waals surface area contributed by atoms with Crippen LogP contribution in [0.4, 0.5) is 17.2 Å². The number of aryl methyl sites for hydroxylation is 2. The van der Waals surface area contributed by atoms with Crippen molar-refractivity contribution in [3.05, 3.63) is 104 Å². The molecule has 7 rings (SSSR count). The van der Waals surface area contributed by atoms with Crippen molar-refractivity contribution in [3.63, 3.8) is 0 Å². The third-order valence-corrected chi connectivity index (χ3v) is 14.6. The van der Waals surface area contributed by atoms with E-state index in [9.17, 15) is 33.6 Å². The minimum absolute atomic E-state index is 0.0433. The summed E-state index contributed by atoms with van der Waals surface area (Å²) in [6.07, 6.45) is 3.38. The van der Waals surface area contributed by atoms with Gasteiger partial charge in [-0.05, 0) is 87.7 Å². The number of benzene rings is 2. The van der Waals surface area contributed by atoms with Crippen molar-refractivity contribution >= 4 is 58.9 Å². The molecule has 3 aliphatic heterocycles. The number of carbonyl (C=O) groups excluding carboxylic acids is 6. The first-order valence-electron chi connectivity index (χ1n) is 30.1. The Morgan fingerprint density at radius 3 is 1.89 bits per heavy atom. The predicted octanol–water partition coefficient (Wildman–Crippen LogP) is 3.08. The number of piperidine rings is 1. The number of pyridine rings is 2. The van der Waals surface area contributed by atoms with E-state index >= 15 is 0 Å². The molecule has 3 aliphatic rings. The van der Waals surface area contributed by atoms with Gasteiger partial charge in [-0.25, -0.2) is 4.98 Å². The molecule has 1 atom stereocenters. The second-order valence-corrected chi connectivity index (χ2v) is 21.4. The van der Waals surface area contributed by atoms with Gasteiger partial charge in [-0.15, -0.1) is 0 Å². The lowest BCUT2D eigenvalue weighted by molar-refractivity contribution is -0.136. The minimum atomic E-state index is -1.03. The number of anilines is 3. The fraction of sp³-hybridized carbons (Fsp3) is 0.532. The van der Waals surface area contributed by atoms with Crippen LogP contribution in [0.3, 0.4) is 0 Å². The van der Waals surface area contributed by atoms with Gasteiger partial charge in [0.15, 0.2) is 0 Å². The predicted molar refractivity (Wildman–Crippen MR) is 328 cm³/mol. The lowest BCUT2D eigenvalue weighted by atomic mass is 9.97. The summed E-state index contributed by atoms with van der Waals surface area (Å²) in [5.74, 6) is -1.82. The molecule has 0 spiro atoms. The molecule has 26 heteroatoms. The number of hydrogen-bond donors (Lipinski definition) is 7. The van der Waals surface area contributed by atoms with Crippen molar-refractivity contribution in [1.82, 2.24) is 35.7 Å². The number of piperazine rings is 1. The Hall–Kier alpha value is -7.53. The number of nitrogens with zero attached hydrogens (tertiary/aromatic N) is 4. The molecule has 6 amide bonds. The number of hydrogen-bond acceptors (Lipinski definition) is 21. The van der Waals surface area contributed by atoms with E-state index in [-0.39, 0.29) is 54.4 Å². The summed E-state index contributed by atoms with van der Waals surface area (Å²) in [5, 5.41) is 22.8. The van der Waals surface area contributed by atoms with Crippen LogP contribution in [0.5, 0.6) is 0 Å². The van der Waals surface area contributed by atoms with Crippen LogP contribution in [-0.2, 0) is 58.8 Å². The first kappa shape index (κ1) is 68.0. The molecule has 2 saturated heterocycles. The highest BCUT2D eigenvalue weighted by Gasteiger charge is 2.45. The van der Waals surface area contributed by atoms with Crippen LogP contribution in [0.15, 0.2) is 59.5 Å². The molecule has 1 unspecified atom stereocenters. The van der Waals surface area contributed by atoms with E-state index in [4.69, 9.17) is 48.3 Å². The van der Waals surface area contributed by atoms with E-state index in [0.717, 1.165) is 65.8 Å². The Labute approximate surface area is 512 Å². The van der Waals surface area contributed by atoms with E-state index in [0.29, 0.717) is 147 Å². The zero-order valence-electron chi connectivity index (χ0n) is 50.9. The zero-order chi connectivity index (χ0) is 62.6. The summed E-state index contributed by atoms with van der Waals surface area (Å²) >= 11 is 0. The topological polar surface area (TPSA) is 316 Å². The van der Waals surface area contributed by atoms with Gasteiger partial charge in [-0.2, -0.15) is 0 Å². The molecule has 0 saturated carbocycles. The number of carbonyl (C=O) groups is 6. The fourth-order valence-electron chi connectivity index (χ4n) is 10.1. The fourth-order valence-corrected chi connectivity index (χ4v) is 10.1. The Bertz CT molecular complexity index is 3030. The van der Waals surface area contributed by atoms with Gasteiger partial charge < -0.3 is 74.5 Å². The van der Waals surface area contributed by atoms with Crippen molar-refractivity contribution in [2.75, 3.05) is 167 Å². The van der Waals surface area contributed by atoms with Gasteiger partial charge in [-0.1, -0.05) is 6.07 Å². The standard InChI is InChI=1S/C62H85N11O15/c1-42(2)68-52-38-46(37-48(49(52)39-63)58(76)67-41-50-43(3)36-44(4)69-59(50)77)45-8-10-54(66-40-45)72-18-16-71(17-19-72)15-13-65-55(74)12-20-81-22-24-83-26-28-85-30-32-87-34-35-88-33-31-86-29-27-84-25-23-82-21-14-64-51-7-5-6-47-57(51)62(80)73(61(47)79)53-9-11-56(75)70-60(53)78/h5-8,10,36-40,42,53,63-64,68H,9,11-35,41H2,1-4H3,(H,65,74)(H,67,76)(H,69,77)(H,70,75,78). The quantitative estimate of drug-likeness (QED) is 0.0191. The van der Waals surface area contributed by atoms with Crippen LogP contribution in [-0.4, -0.2) is 225 Å². The number of fused-ring (bicyclic) bond motifs is 1. The first-order chi connectivity index (χ1) is 42.7. The van der Waals surface area contributed by atoms with Crippen LogP contribution in [0.25, 0.3) is 11.1 Å². The summed E-state index contributed by atoms with van der Waals surface area (Å²) in [7, 11) is 0. The van der Waals surface area contributed by atoms with Crippen molar-refractivity contribution < 1.29 is 66.7 Å². The Balaban J connectivity index is 0.619. The Kier molecular flexibility index (Phi) is 27.9. The van der Waals surface area contributed by atoms with Crippen molar-refractivity contribution in [2.45, 2.75) is 65.6 Å². The Morgan fingerprint density at radius 1 is 0.705 bits per heavy atom. The second kappa shape index (κ2) is 36.1. The summed E-state index contributed by atoms with van der Waals surface area (Å²) in [6.45, 7) is 18.8. The molecule has 2 fully saturated rings. The van der Waals surface area contributed by atoms with E-state index in [1.54, 1.807) is 30.5 Å². The van der Waals surface area contributed by atoms with Crippen LogP contribution < -0.4 is 37.0 Å². The third-order valence-electron chi connectivity index (χ3n) is 14.6. The van der Waals surface area contributed by atoms with Crippen molar-refractivity contribution in [3.8, 4) is 11.1 Å². The molecular weight excluding hydrogens is 1140 g/mol. The molecule has 88 heavy (non-hydrogen) atoms. The van der Waals surface area contributed by atoms with Gasteiger partial charge in [-0.3, -0.25) is 48.7 Å². The first-order valence-corrected chi connectivity index (χ1v) is 30.1. The molecule has 0 radical (unpaired) electrons. The van der Waals surface area contributed by atoms with Crippen LogP contribution in [0.1, 0.15) is 86.6 Å². The molecule has 2 aromatic carbocycles. The average Bonchev–Trinajstić information content (AvgIpc) is 1.94. The summed E-state index contributed by atoms with van der Waals surface area (Å²) in [6, 6.07) is 13.4. The molecule has 0 bridgehead atoms. The van der Waals surface area contributed by atoms with Crippen LogP contribution in [0, 0.1) is 19.3 Å². The molecular formula is C62H85N11O15. The average molecular weight is 1220 g/mol. The maximum Gasteiger partial charge on any atom is 0.264 e. The van der Waals surface area contributed by atoms with Gasteiger partial charge in [0.2, 0.25) is 17.7 Å². The molecule has 5 heterocycles. The van der Waals surface area contributed by atoms with Crippen molar-refractivity contribution in [1.29, 1.82) is 5.41 Å². The minimum Gasteiger partial charge on any atom is -0.382 e. The van der Waals surface area contributed by atoms with Gasteiger partial charge >= 0.3 is 0 Å². The maximum absolute atomic E-state index is 13.7. The smallest absolute Gasteiger partial charge is 0.264 e. The van der Waals surface area contributed by atoms with Crippen molar-refractivity contribution in [2.24, 2.45) is 0 Å². The summed E-state index contributed by atoms with van der Waals surface area (Å²) < 4.78 is 44.5. The summed E-state index contributed by atoms with van der Waals surface area (Å²) in [4.78, 5) is 102. The number of nitrogens with one attached hydrogen (secondary N) is 7. The third kappa shape index (κ3) is 20.8. The zero-order valence-corrected chi connectivity index (χ0v) is 50.9. The lowest BCUT2D eigenvalue weighted by Gasteiger charge is -2.35. The van der Waals surface area contributed by atoms with E-state index in [1.165, 1.54) is 6.21 Å². The molecule has 478 valence electrons. The van der Waals surface area contributed by atoms with Gasteiger partial charge in [0.05, 0.1) is 122 Å². The number of amides is 6. The highest BCUT2D eigenvalue weighted by Crippen LogP contribution is 2.33. The van der Waals surface area contributed by atoms with E-state index in [2.05, 4.69) is 41.4 Å². The van der Waals surface area contributed by atoms with Crippen LogP contribution in [0.2, 0.25) is 0 Å². The molecule has 26 nitrogen and oxygen atoms in total. The number of rotatable bonds is 40. The largest absolute Gasteiger partial charge is 0.382 e.